The van der Waals surface area contributed by atoms with Gasteiger partial charge in [-0.3, -0.25) is 4.79 Å². The summed E-state index contributed by atoms with van der Waals surface area (Å²) in [6, 6.07) is 8.10. The summed E-state index contributed by atoms with van der Waals surface area (Å²) in [5.74, 6) is 0.649. The SMILES string of the molecule is Cc1ccc(OCCC(=O)Nc2sc(C)c(C)c2C#N)c(C)c1. The molecule has 0 aliphatic rings. The van der Waals surface area contributed by atoms with Crippen LogP contribution in [0.4, 0.5) is 5.00 Å². The van der Waals surface area contributed by atoms with Gasteiger partial charge in [0.05, 0.1) is 18.6 Å². The average Bonchev–Trinajstić information content (AvgIpc) is 2.75. The molecule has 0 aliphatic carbocycles. The molecule has 0 spiro atoms. The molecule has 120 valence electrons. The summed E-state index contributed by atoms with van der Waals surface area (Å²) in [7, 11) is 0. The monoisotopic (exact) mass is 328 g/mol. The highest BCUT2D eigenvalue weighted by Crippen LogP contribution is 2.31. The molecule has 0 radical (unpaired) electrons. The van der Waals surface area contributed by atoms with Crippen molar-refractivity contribution in [2.45, 2.75) is 34.1 Å². The van der Waals surface area contributed by atoms with Gasteiger partial charge >= 0.3 is 0 Å². The lowest BCUT2D eigenvalue weighted by Gasteiger charge is -2.09. The number of thiophene rings is 1. The molecule has 0 atom stereocenters. The Morgan fingerprint density at radius 3 is 2.70 bits per heavy atom. The van der Waals surface area contributed by atoms with Crippen LogP contribution >= 0.6 is 11.3 Å². The van der Waals surface area contributed by atoms with E-state index in [0.717, 1.165) is 21.8 Å². The van der Waals surface area contributed by atoms with Crippen LogP contribution in [-0.2, 0) is 4.79 Å². The minimum Gasteiger partial charge on any atom is -0.493 e. The largest absolute Gasteiger partial charge is 0.493 e. The van der Waals surface area contributed by atoms with Gasteiger partial charge < -0.3 is 10.1 Å². The van der Waals surface area contributed by atoms with Crippen LogP contribution < -0.4 is 10.1 Å². The molecule has 1 N–H and O–H groups in total. The van der Waals surface area contributed by atoms with Crippen molar-refractivity contribution in [3.63, 3.8) is 0 Å². The minimum atomic E-state index is -0.146. The van der Waals surface area contributed by atoms with E-state index in [1.807, 2.05) is 45.9 Å². The second-order valence-electron chi connectivity index (χ2n) is 5.51. The van der Waals surface area contributed by atoms with Crippen molar-refractivity contribution in [3.05, 3.63) is 45.3 Å². The topological polar surface area (TPSA) is 62.1 Å². The number of aryl methyl sites for hydroxylation is 3. The summed E-state index contributed by atoms with van der Waals surface area (Å²) in [5, 5.41) is 12.6. The fraction of sp³-hybridized carbons (Fsp3) is 0.333. The van der Waals surface area contributed by atoms with E-state index in [0.29, 0.717) is 17.2 Å². The van der Waals surface area contributed by atoms with Gasteiger partial charge in [-0.2, -0.15) is 5.26 Å². The van der Waals surface area contributed by atoms with Crippen LogP contribution in [0.5, 0.6) is 5.75 Å². The Morgan fingerprint density at radius 1 is 1.30 bits per heavy atom. The number of carbonyl (C=O) groups is 1. The van der Waals surface area contributed by atoms with Crippen LogP contribution in [0.3, 0.4) is 0 Å². The molecule has 0 unspecified atom stereocenters. The Kier molecular flexibility index (Phi) is 5.41. The van der Waals surface area contributed by atoms with E-state index >= 15 is 0 Å². The van der Waals surface area contributed by atoms with E-state index in [4.69, 9.17) is 4.74 Å². The van der Waals surface area contributed by atoms with Crippen molar-refractivity contribution < 1.29 is 9.53 Å². The molecule has 0 bridgehead atoms. The van der Waals surface area contributed by atoms with E-state index in [1.165, 1.54) is 16.9 Å². The Morgan fingerprint density at radius 2 is 2.04 bits per heavy atom. The summed E-state index contributed by atoms with van der Waals surface area (Å²) in [6.45, 7) is 8.16. The van der Waals surface area contributed by atoms with Crippen molar-refractivity contribution in [1.82, 2.24) is 0 Å². The first-order chi connectivity index (χ1) is 10.9. The van der Waals surface area contributed by atoms with Gasteiger partial charge in [0.15, 0.2) is 0 Å². The zero-order valence-corrected chi connectivity index (χ0v) is 14.6. The predicted molar refractivity (Wildman–Crippen MR) is 93.2 cm³/mol. The van der Waals surface area contributed by atoms with E-state index in [2.05, 4.69) is 11.4 Å². The van der Waals surface area contributed by atoms with Gasteiger partial charge in [-0.15, -0.1) is 11.3 Å². The molecular weight excluding hydrogens is 308 g/mol. The van der Waals surface area contributed by atoms with Crippen molar-refractivity contribution >= 4 is 22.2 Å². The quantitative estimate of drug-likeness (QED) is 0.892. The zero-order chi connectivity index (χ0) is 17.0. The Hall–Kier alpha value is -2.32. The number of rotatable bonds is 5. The first kappa shape index (κ1) is 17.0. The van der Waals surface area contributed by atoms with Crippen LogP contribution in [0.15, 0.2) is 18.2 Å². The van der Waals surface area contributed by atoms with Crippen LogP contribution in [0.1, 0.15) is 33.6 Å². The molecule has 1 amide bonds. The van der Waals surface area contributed by atoms with Crippen molar-refractivity contribution in [2.75, 3.05) is 11.9 Å². The van der Waals surface area contributed by atoms with Gasteiger partial charge in [0, 0.05) is 4.88 Å². The molecule has 0 saturated heterocycles. The lowest BCUT2D eigenvalue weighted by atomic mass is 10.1. The molecule has 0 fully saturated rings. The number of hydrogen-bond acceptors (Lipinski definition) is 4. The Bertz CT molecular complexity index is 772. The predicted octanol–water partition coefficient (Wildman–Crippen LogP) is 4.26. The maximum Gasteiger partial charge on any atom is 0.228 e. The second kappa shape index (κ2) is 7.30. The number of benzene rings is 1. The van der Waals surface area contributed by atoms with Crippen LogP contribution in [-0.4, -0.2) is 12.5 Å². The van der Waals surface area contributed by atoms with E-state index in [1.54, 1.807) is 0 Å². The highest BCUT2D eigenvalue weighted by molar-refractivity contribution is 7.16. The first-order valence-electron chi connectivity index (χ1n) is 7.42. The molecule has 0 aliphatic heterocycles. The number of ether oxygens (including phenoxy) is 1. The van der Waals surface area contributed by atoms with Gasteiger partial charge in [0.25, 0.3) is 0 Å². The summed E-state index contributed by atoms with van der Waals surface area (Å²) >= 11 is 1.43. The van der Waals surface area contributed by atoms with Gasteiger partial charge in [-0.05, 0) is 44.9 Å². The second-order valence-corrected chi connectivity index (χ2v) is 6.74. The average molecular weight is 328 g/mol. The molecule has 1 heterocycles. The zero-order valence-electron chi connectivity index (χ0n) is 13.8. The molecule has 5 heteroatoms. The first-order valence-corrected chi connectivity index (χ1v) is 8.24. The fourth-order valence-corrected chi connectivity index (χ4v) is 3.28. The number of carbonyl (C=O) groups excluding carboxylic acids is 1. The summed E-state index contributed by atoms with van der Waals surface area (Å²) < 4.78 is 5.66. The maximum atomic E-state index is 12.0. The van der Waals surface area contributed by atoms with E-state index in [-0.39, 0.29) is 12.3 Å². The molecule has 0 saturated carbocycles. The summed E-state index contributed by atoms with van der Waals surface area (Å²) in [4.78, 5) is 13.1. The third-order valence-electron chi connectivity index (χ3n) is 3.67. The lowest BCUT2D eigenvalue weighted by Crippen LogP contribution is -2.15. The molecule has 1 aromatic carbocycles. The molecule has 2 aromatic rings. The molecule has 1 aromatic heterocycles. The molecule has 4 nitrogen and oxygen atoms in total. The number of amides is 1. The molecular formula is C18H20N2O2S. The number of nitriles is 1. The highest BCUT2D eigenvalue weighted by Gasteiger charge is 2.14. The van der Waals surface area contributed by atoms with Gasteiger partial charge in [0.2, 0.25) is 5.91 Å². The Labute approximate surface area is 140 Å². The van der Waals surface area contributed by atoms with E-state index in [9.17, 15) is 10.1 Å². The van der Waals surface area contributed by atoms with Crippen molar-refractivity contribution in [2.24, 2.45) is 0 Å². The number of nitrogens with one attached hydrogen (secondary N) is 1. The minimum absolute atomic E-state index is 0.146. The maximum absolute atomic E-state index is 12.0. The number of nitrogens with zero attached hydrogens (tertiary/aromatic N) is 1. The molecule has 23 heavy (non-hydrogen) atoms. The molecule has 2 rings (SSSR count). The fourth-order valence-electron chi connectivity index (χ4n) is 2.25. The number of anilines is 1. The van der Waals surface area contributed by atoms with Crippen molar-refractivity contribution in [3.8, 4) is 11.8 Å². The van der Waals surface area contributed by atoms with Crippen LogP contribution in [0.2, 0.25) is 0 Å². The summed E-state index contributed by atoms with van der Waals surface area (Å²) in [5.41, 5.74) is 3.72. The number of hydrogen-bond donors (Lipinski definition) is 1. The normalized spacial score (nSPS) is 10.2. The summed E-state index contributed by atoms with van der Waals surface area (Å²) in [6.07, 6.45) is 0.244. The van der Waals surface area contributed by atoms with Gasteiger partial charge in [-0.1, -0.05) is 17.7 Å². The third-order valence-corrected chi connectivity index (χ3v) is 4.79. The standard InChI is InChI=1S/C18H20N2O2S/c1-11-5-6-16(12(2)9-11)22-8-7-17(21)20-18-15(10-19)13(3)14(4)23-18/h5-6,9H,7-8H2,1-4H3,(H,20,21). The van der Waals surface area contributed by atoms with Gasteiger partial charge in [0.1, 0.15) is 16.8 Å². The van der Waals surface area contributed by atoms with Crippen LogP contribution in [0.25, 0.3) is 0 Å². The van der Waals surface area contributed by atoms with Crippen LogP contribution in [0, 0.1) is 39.0 Å². The Balaban J connectivity index is 1.91. The van der Waals surface area contributed by atoms with Gasteiger partial charge in [-0.25, -0.2) is 0 Å². The highest BCUT2D eigenvalue weighted by atomic mass is 32.1. The third kappa shape index (κ3) is 4.11. The van der Waals surface area contributed by atoms with Crippen molar-refractivity contribution in [1.29, 1.82) is 5.26 Å². The smallest absolute Gasteiger partial charge is 0.228 e. The van der Waals surface area contributed by atoms with E-state index < -0.39 is 0 Å². The lowest BCUT2D eigenvalue weighted by molar-refractivity contribution is -0.116.